The molecule has 48 heavy (non-hydrogen) atoms. The van der Waals surface area contributed by atoms with Gasteiger partial charge in [0, 0.05) is 52.2 Å². The number of hydrogen-bond donors (Lipinski definition) is 1. The van der Waals surface area contributed by atoms with E-state index < -0.39 is 29.1 Å². The minimum atomic E-state index is -1.04. The van der Waals surface area contributed by atoms with Crippen LogP contribution in [-0.4, -0.2) is 99.1 Å². The van der Waals surface area contributed by atoms with Crippen LogP contribution in [0.3, 0.4) is 0 Å². The molecule has 1 unspecified atom stereocenters. The lowest BCUT2D eigenvalue weighted by atomic mass is 9.87. The molecule has 4 amide bonds. The highest BCUT2D eigenvalue weighted by Gasteiger charge is 2.43. The molecule has 0 radical (unpaired) electrons. The van der Waals surface area contributed by atoms with E-state index in [0.29, 0.717) is 62.4 Å². The summed E-state index contributed by atoms with van der Waals surface area (Å²) in [6, 6.07) is 5.21. The average molecular weight is 675 g/mol. The summed E-state index contributed by atoms with van der Waals surface area (Å²) in [7, 11) is 1.62. The van der Waals surface area contributed by atoms with Gasteiger partial charge in [-0.05, 0) is 91.8 Å². The molecule has 3 rings (SSSR count). The fourth-order valence-electron chi connectivity index (χ4n) is 6.26. The van der Waals surface area contributed by atoms with Gasteiger partial charge in [0.25, 0.3) is 5.91 Å². The maximum absolute atomic E-state index is 14.4. The molecule has 1 saturated heterocycles. The Balaban J connectivity index is 1.92. The summed E-state index contributed by atoms with van der Waals surface area (Å²) >= 11 is 0. The number of fused-ring (bicyclic) bond motifs is 1. The monoisotopic (exact) mass is 674 g/mol. The maximum Gasteiger partial charge on any atom is 0.410 e. The van der Waals surface area contributed by atoms with E-state index in [1.807, 2.05) is 19.9 Å². The number of nitrogens with zero attached hydrogens (tertiary/aromatic N) is 3. The largest absolute Gasteiger partial charge is 0.476 e. The standard InChI is InChI=1S/C36H58N4O8/c1-11-39(28-14-15-30-29(20-28)40(16-13-17-45-10)33(43)36(8,9)47-30)32(42)26-19-25(21-38(22-26)34(44)48-35(5,6)7)31(41)37-27(18-24(3)4)23-46-12-2/h14-15,20,24-27H,11-13,16-19,21-23H2,1-10H3,(H,37,41)/t25-,26+,27?/m0/s1. The number of rotatable bonds is 14. The van der Waals surface area contributed by atoms with Gasteiger partial charge in [-0.15, -0.1) is 0 Å². The lowest BCUT2D eigenvalue weighted by Gasteiger charge is -2.40. The van der Waals surface area contributed by atoms with Gasteiger partial charge in [0.05, 0.1) is 30.2 Å². The highest BCUT2D eigenvalue weighted by Crippen LogP contribution is 2.41. The molecule has 2 aliphatic rings. The Hall–Kier alpha value is -3.38. The molecule has 1 aromatic rings. The molecule has 1 fully saturated rings. The Kier molecular flexibility index (Phi) is 13.7. The van der Waals surface area contributed by atoms with E-state index in [4.69, 9.17) is 18.9 Å². The Bertz CT molecular complexity index is 1280. The fourth-order valence-corrected chi connectivity index (χ4v) is 6.26. The van der Waals surface area contributed by atoms with Crippen molar-refractivity contribution in [3.63, 3.8) is 0 Å². The molecule has 0 saturated carbocycles. The first-order valence-corrected chi connectivity index (χ1v) is 17.3. The zero-order valence-corrected chi connectivity index (χ0v) is 30.7. The molecule has 2 heterocycles. The van der Waals surface area contributed by atoms with E-state index in [1.54, 1.807) is 63.7 Å². The number of ether oxygens (including phenoxy) is 4. The molecular weight excluding hydrogens is 616 g/mol. The van der Waals surface area contributed by atoms with Crippen molar-refractivity contribution in [2.24, 2.45) is 17.8 Å². The molecule has 0 bridgehead atoms. The molecule has 12 nitrogen and oxygen atoms in total. The van der Waals surface area contributed by atoms with Crippen molar-refractivity contribution < 1.29 is 38.1 Å². The van der Waals surface area contributed by atoms with Crippen molar-refractivity contribution in [1.29, 1.82) is 0 Å². The number of carbonyl (C=O) groups is 4. The molecule has 0 aliphatic carbocycles. The number of methoxy groups -OCH3 is 1. The summed E-state index contributed by atoms with van der Waals surface area (Å²) in [6.07, 6.45) is 1.08. The number of anilines is 2. The predicted octanol–water partition coefficient (Wildman–Crippen LogP) is 5.02. The normalized spacial score (nSPS) is 19.8. The van der Waals surface area contributed by atoms with Crippen LogP contribution in [0.2, 0.25) is 0 Å². The van der Waals surface area contributed by atoms with Crippen LogP contribution >= 0.6 is 0 Å². The number of nitrogens with one attached hydrogen (secondary N) is 1. The third-order valence-electron chi connectivity index (χ3n) is 8.43. The summed E-state index contributed by atoms with van der Waals surface area (Å²) in [6.45, 7) is 19.3. The van der Waals surface area contributed by atoms with Crippen molar-refractivity contribution in [2.45, 2.75) is 98.8 Å². The van der Waals surface area contributed by atoms with Crippen LogP contribution in [0.25, 0.3) is 0 Å². The first kappa shape index (κ1) is 39.1. The molecule has 0 spiro atoms. The van der Waals surface area contributed by atoms with E-state index in [1.165, 1.54) is 4.90 Å². The topological polar surface area (TPSA) is 127 Å². The molecule has 0 aromatic heterocycles. The quantitative estimate of drug-likeness (QED) is 0.273. The SMILES string of the molecule is CCOCC(CC(C)C)NC(=O)[C@H]1C[C@@H](C(=O)N(CC)c2ccc3c(c2)N(CCCOC)C(=O)C(C)(C)O3)CN(C(=O)OC(C)(C)C)C1. The van der Waals surface area contributed by atoms with E-state index in [9.17, 15) is 19.2 Å². The summed E-state index contributed by atoms with van der Waals surface area (Å²) in [5.74, 6) is -0.998. The zero-order valence-electron chi connectivity index (χ0n) is 30.7. The smallest absolute Gasteiger partial charge is 0.410 e. The van der Waals surface area contributed by atoms with Crippen molar-refractivity contribution in [3.8, 4) is 5.75 Å². The van der Waals surface area contributed by atoms with Crippen LogP contribution in [-0.2, 0) is 28.6 Å². The van der Waals surface area contributed by atoms with Crippen molar-refractivity contribution in [1.82, 2.24) is 10.2 Å². The summed E-state index contributed by atoms with van der Waals surface area (Å²) in [4.78, 5) is 59.7. The van der Waals surface area contributed by atoms with E-state index in [2.05, 4.69) is 19.2 Å². The summed E-state index contributed by atoms with van der Waals surface area (Å²) < 4.78 is 22.6. The highest BCUT2D eigenvalue weighted by molar-refractivity contribution is 6.04. The van der Waals surface area contributed by atoms with E-state index in [-0.39, 0.29) is 43.3 Å². The van der Waals surface area contributed by atoms with Gasteiger partial charge in [-0.2, -0.15) is 0 Å². The fraction of sp³-hybridized carbons (Fsp3) is 0.722. The Labute approximate surface area is 286 Å². The van der Waals surface area contributed by atoms with Crippen LogP contribution < -0.4 is 19.9 Å². The Morgan fingerprint density at radius 2 is 1.81 bits per heavy atom. The lowest BCUT2D eigenvalue weighted by Crippen LogP contribution is -2.54. The van der Waals surface area contributed by atoms with Gasteiger partial charge in [0.2, 0.25) is 11.8 Å². The minimum absolute atomic E-state index is 0.117. The Morgan fingerprint density at radius 3 is 2.42 bits per heavy atom. The highest BCUT2D eigenvalue weighted by atomic mass is 16.6. The third kappa shape index (κ3) is 10.3. The summed E-state index contributed by atoms with van der Waals surface area (Å²) in [5, 5.41) is 3.14. The lowest BCUT2D eigenvalue weighted by molar-refractivity contribution is -0.133. The predicted molar refractivity (Wildman–Crippen MR) is 185 cm³/mol. The number of piperidine rings is 1. The first-order chi connectivity index (χ1) is 22.5. The second-order valence-corrected chi connectivity index (χ2v) is 14.7. The van der Waals surface area contributed by atoms with Gasteiger partial charge < -0.3 is 39.0 Å². The number of likely N-dealkylation sites (tertiary alicyclic amines) is 1. The number of amides is 4. The van der Waals surface area contributed by atoms with Gasteiger partial charge in [-0.3, -0.25) is 14.4 Å². The number of carbonyl (C=O) groups excluding carboxylic acids is 4. The third-order valence-corrected chi connectivity index (χ3v) is 8.43. The van der Waals surface area contributed by atoms with Gasteiger partial charge >= 0.3 is 6.09 Å². The minimum Gasteiger partial charge on any atom is -0.476 e. The molecule has 270 valence electrons. The number of hydrogen-bond acceptors (Lipinski definition) is 8. The molecule has 1 aromatic carbocycles. The van der Waals surface area contributed by atoms with Crippen LogP contribution in [0.1, 0.15) is 81.6 Å². The van der Waals surface area contributed by atoms with Crippen LogP contribution in [0.15, 0.2) is 18.2 Å². The first-order valence-electron chi connectivity index (χ1n) is 17.3. The van der Waals surface area contributed by atoms with E-state index in [0.717, 1.165) is 6.42 Å². The van der Waals surface area contributed by atoms with Gasteiger partial charge in [0.1, 0.15) is 11.4 Å². The van der Waals surface area contributed by atoms with Crippen LogP contribution in [0, 0.1) is 17.8 Å². The van der Waals surface area contributed by atoms with Gasteiger partial charge in [0.15, 0.2) is 5.60 Å². The van der Waals surface area contributed by atoms with Crippen molar-refractivity contribution in [2.75, 3.05) is 62.9 Å². The van der Waals surface area contributed by atoms with Crippen molar-refractivity contribution in [3.05, 3.63) is 18.2 Å². The zero-order chi connectivity index (χ0) is 35.8. The van der Waals surface area contributed by atoms with E-state index >= 15 is 0 Å². The van der Waals surface area contributed by atoms with Gasteiger partial charge in [-0.1, -0.05) is 13.8 Å². The Morgan fingerprint density at radius 1 is 1.12 bits per heavy atom. The molecule has 2 aliphatic heterocycles. The van der Waals surface area contributed by atoms with Crippen molar-refractivity contribution >= 4 is 35.2 Å². The average Bonchev–Trinajstić information content (AvgIpc) is 3.00. The molecule has 3 atom stereocenters. The maximum atomic E-state index is 14.4. The summed E-state index contributed by atoms with van der Waals surface area (Å²) in [5.41, 5.74) is -0.603. The second kappa shape index (κ2) is 16.8. The molecule has 12 heteroatoms. The molecular formula is C36H58N4O8. The van der Waals surface area contributed by atoms with Crippen LogP contribution in [0.5, 0.6) is 5.75 Å². The molecule has 1 N–H and O–H groups in total. The second-order valence-electron chi connectivity index (χ2n) is 14.7. The number of benzene rings is 1. The van der Waals surface area contributed by atoms with Crippen LogP contribution in [0.4, 0.5) is 16.2 Å². The van der Waals surface area contributed by atoms with Gasteiger partial charge in [-0.25, -0.2) is 4.79 Å².